The van der Waals surface area contributed by atoms with Gasteiger partial charge in [-0.05, 0) is 17.5 Å². The lowest BCUT2D eigenvalue weighted by Crippen LogP contribution is -2.46. The molecule has 2 aliphatic rings. The monoisotopic (exact) mass is 342 g/mol. The topological polar surface area (TPSA) is 66.5 Å². The maximum atomic E-state index is 12.1. The average molecular weight is 343 g/mol. The van der Waals surface area contributed by atoms with Crippen molar-refractivity contribution in [2.24, 2.45) is 0 Å². The molecule has 1 aromatic rings. The quantitative estimate of drug-likeness (QED) is 0.815. The molecule has 1 amide bonds. The minimum absolute atomic E-state index is 0.0589. The molecule has 1 N–H and O–H groups in total. The van der Waals surface area contributed by atoms with Crippen LogP contribution in [0.15, 0.2) is 24.3 Å². The van der Waals surface area contributed by atoms with Crippen molar-refractivity contribution in [2.45, 2.75) is 24.4 Å². The minimum Gasteiger partial charge on any atom is -0.350 e. The molecule has 2 atom stereocenters. The number of amides is 1. The standard InChI is InChI=1S/C15H19ClN2O3S/c16-13-9-22(20,21)10-14(13)17-15(19)8-18-6-5-11-3-1-2-4-12(11)7-18/h1-4,13-14H,5-10H2,(H,17,19)/t13-,14-/m0/s1. The molecule has 120 valence electrons. The molecule has 1 aromatic carbocycles. The second kappa shape index (κ2) is 6.18. The van der Waals surface area contributed by atoms with Gasteiger partial charge in [0.2, 0.25) is 5.91 Å². The van der Waals surface area contributed by atoms with Crippen LogP contribution in [0.2, 0.25) is 0 Å². The zero-order chi connectivity index (χ0) is 15.7. The summed E-state index contributed by atoms with van der Waals surface area (Å²) >= 11 is 6.01. The number of carbonyl (C=O) groups is 1. The Balaban J connectivity index is 1.55. The molecule has 5 nitrogen and oxygen atoms in total. The van der Waals surface area contributed by atoms with E-state index in [0.29, 0.717) is 0 Å². The van der Waals surface area contributed by atoms with Crippen molar-refractivity contribution in [2.75, 3.05) is 24.6 Å². The van der Waals surface area contributed by atoms with E-state index in [-0.39, 0.29) is 24.0 Å². The van der Waals surface area contributed by atoms with E-state index in [1.165, 1.54) is 11.1 Å². The highest BCUT2D eigenvalue weighted by Crippen LogP contribution is 2.19. The first-order valence-corrected chi connectivity index (χ1v) is 9.62. The normalized spacial score (nSPS) is 27.3. The second-order valence-electron chi connectivity index (χ2n) is 6.00. The summed E-state index contributed by atoms with van der Waals surface area (Å²) in [6, 6.07) is 7.76. The number of sulfone groups is 1. The van der Waals surface area contributed by atoms with Gasteiger partial charge in [-0.1, -0.05) is 24.3 Å². The van der Waals surface area contributed by atoms with Crippen molar-refractivity contribution >= 4 is 27.3 Å². The Kier molecular flexibility index (Phi) is 4.43. The highest BCUT2D eigenvalue weighted by molar-refractivity contribution is 7.91. The Labute approximate surface area is 135 Å². The zero-order valence-corrected chi connectivity index (χ0v) is 13.7. The molecule has 0 saturated carbocycles. The first-order chi connectivity index (χ1) is 10.4. The summed E-state index contributed by atoms with van der Waals surface area (Å²) in [7, 11) is -3.12. The lowest BCUT2D eigenvalue weighted by atomic mass is 10.00. The molecule has 7 heteroatoms. The van der Waals surface area contributed by atoms with Gasteiger partial charge in [0.05, 0.1) is 29.5 Å². The highest BCUT2D eigenvalue weighted by atomic mass is 35.5. The third-order valence-corrected chi connectivity index (χ3v) is 6.58. The largest absolute Gasteiger partial charge is 0.350 e. The van der Waals surface area contributed by atoms with Crippen LogP contribution in [0, 0.1) is 0 Å². The predicted molar refractivity (Wildman–Crippen MR) is 85.6 cm³/mol. The molecule has 0 bridgehead atoms. The van der Waals surface area contributed by atoms with Crippen molar-refractivity contribution in [3.05, 3.63) is 35.4 Å². The van der Waals surface area contributed by atoms with Gasteiger partial charge in [0, 0.05) is 13.1 Å². The van der Waals surface area contributed by atoms with E-state index in [1.54, 1.807) is 0 Å². The summed E-state index contributed by atoms with van der Waals surface area (Å²) in [4.78, 5) is 14.2. The lowest BCUT2D eigenvalue weighted by molar-refractivity contribution is -0.123. The van der Waals surface area contributed by atoms with Crippen molar-refractivity contribution in [1.82, 2.24) is 10.2 Å². The van der Waals surface area contributed by atoms with Crippen LogP contribution in [0.3, 0.4) is 0 Å². The Hall–Kier alpha value is -1.11. The Morgan fingerprint density at radius 1 is 1.27 bits per heavy atom. The average Bonchev–Trinajstić information content (AvgIpc) is 2.71. The number of benzene rings is 1. The molecule has 0 spiro atoms. The predicted octanol–water partition coefficient (Wildman–Crippen LogP) is 0.565. The van der Waals surface area contributed by atoms with E-state index in [9.17, 15) is 13.2 Å². The van der Waals surface area contributed by atoms with Crippen molar-refractivity contribution in [3.63, 3.8) is 0 Å². The number of rotatable bonds is 3. The number of hydrogen-bond donors (Lipinski definition) is 1. The van der Waals surface area contributed by atoms with Crippen LogP contribution in [0.4, 0.5) is 0 Å². The van der Waals surface area contributed by atoms with Gasteiger partial charge in [-0.15, -0.1) is 11.6 Å². The smallest absolute Gasteiger partial charge is 0.234 e. The summed E-state index contributed by atoms with van der Waals surface area (Å²) in [5.74, 6) is -0.279. The number of alkyl halides is 1. The van der Waals surface area contributed by atoms with Crippen molar-refractivity contribution in [1.29, 1.82) is 0 Å². The van der Waals surface area contributed by atoms with Gasteiger partial charge >= 0.3 is 0 Å². The fraction of sp³-hybridized carbons (Fsp3) is 0.533. The summed E-state index contributed by atoms with van der Waals surface area (Å²) in [5, 5.41) is 2.23. The van der Waals surface area contributed by atoms with Gasteiger partial charge in [-0.3, -0.25) is 9.69 Å². The molecule has 22 heavy (non-hydrogen) atoms. The summed E-state index contributed by atoms with van der Waals surface area (Å²) in [6.07, 6.45) is 0.930. The molecule has 0 unspecified atom stereocenters. The van der Waals surface area contributed by atoms with E-state index < -0.39 is 21.3 Å². The molecule has 1 fully saturated rings. The van der Waals surface area contributed by atoms with Crippen molar-refractivity contribution < 1.29 is 13.2 Å². The molecule has 2 aliphatic heterocycles. The first kappa shape index (κ1) is 15.8. The molecule has 3 rings (SSSR count). The highest BCUT2D eigenvalue weighted by Gasteiger charge is 2.37. The van der Waals surface area contributed by atoms with E-state index in [1.807, 2.05) is 12.1 Å². The maximum Gasteiger partial charge on any atom is 0.234 e. The van der Waals surface area contributed by atoms with Gasteiger partial charge in [0.15, 0.2) is 9.84 Å². The van der Waals surface area contributed by atoms with Crippen LogP contribution in [-0.2, 0) is 27.6 Å². The lowest BCUT2D eigenvalue weighted by Gasteiger charge is -2.28. The van der Waals surface area contributed by atoms with Crippen LogP contribution in [-0.4, -0.2) is 55.2 Å². The van der Waals surface area contributed by atoms with Gasteiger partial charge in [0.25, 0.3) is 0 Å². The Morgan fingerprint density at radius 2 is 2.00 bits per heavy atom. The first-order valence-electron chi connectivity index (χ1n) is 7.36. The number of halogens is 1. The molecule has 0 aliphatic carbocycles. The molecule has 0 radical (unpaired) electrons. The summed E-state index contributed by atoms with van der Waals surface area (Å²) in [6.45, 7) is 1.85. The van der Waals surface area contributed by atoms with Crippen molar-refractivity contribution in [3.8, 4) is 0 Å². The number of nitrogens with zero attached hydrogens (tertiary/aromatic N) is 1. The Bertz CT molecular complexity index is 677. The van der Waals surface area contributed by atoms with Gasteiger partial charge in [0.1, 0.15) is 0 Å². The van der Waals surface area contributed by atoms with Gasteiger partial charge in [-0.2, -0.15) is 0 Å². The zero-order valence-electron chi connectivity index (χ0n) is 12.2. The second-order valence-corrected chi connectivity index (χ2v) is 8.71. The third kappa shape index (κ3) is 3.62. The van der Waals surface area contributed by atoms with Crippen LogP contribution < -0.4 is 5.32 Å². The number of hydrogen-bond acceptors (Lipinski definition) is 4. The van der Waals surface area contributed by atoms with E-state index >= 15 is 0 Å². The third-order valence-electron chi connectivity index (χ3n) is 4.21. The summed E-state index contributed by atoms with van der Waals surface area (Å²) < 4.78 is 23.0. The van der Waals surface area contributed by atoms with Gasteiger partial charge < -0.3 is 5.32 Å². The van der Waals surface area contributed by atoms with Crippen LogP contribution >= 0.6 is 11.6 Å². The summed E-state index contributed by atoms with van der Waals surface area (Å²) in [5.41, 5.74) is 2.59. The van der Waals surface area contributed by atoms with Crippen LogP contribution in [0.1, 0.15) is 11.1 Å². The maximum absolute atomic E-state index is 12.1. The molecular formula is C15H19ClN2O3S. The number of carbonyl (C=O) groups excluding carboxylic acids is 1. The molecular weight excluding hydrogens is 324 g/mol. The van der Waals surface area contributed by atoms with E-state index in [4.69, 9.17) is 11.6 Å². The fourth-order valence-electron chi connectivity index (χ4n) is 3.08. The molecule has 2 heterocycles. The van der Waals surface area contributed by atoms with Crippen LogP contribution in [0.25, 0.3) is 0 Å². The van der Waals surface area contributed by atoms with E-state index in [0.717, 1.165) is 19.5 Å². The minimum atomic E-state index is -3.12. The van der Waals surface area contributed by atoms with Crippen LogP contribution in [0.5, 0.6) is 0 Å². The van der Waals surface area contributed by atoms with Gasteiger partial charge in [-0.25, -0.2) is 8.42 Å². The Morgan fingerprint density at radius 3 is 2.68 bits per heavy atom. The molecule has 0 aromatic heterocycles. The fourth-order valence-corrected chi connectivity index (χ4v) is 5.63. The SMILES string of the molecule is O=C(CN1CCc2ccccc2C1)N[C@H]1CS(=O)(=O)C[C@@H]1Cl. The number of nitrogens with one attached hydrogen (secondary N) is 1. The molecule has 1 saturated heterocycles. The number of fused-ring (bicyclic) bond motifs is 1. The van der Waals surface area contributed by atoms with E-state index in [2.05, 4.69) is 22.3 Å².